The van der Waals surface area contributed by atoms with Gasteiger partial charge in [0.2, 0.25) is 5.91 Å². The van der Waals surface area contributed by atoms with Crippen LogP contribution in [0.1, 0.15) is 18.2 Å². The van der Waals surface area contributed by atoms with Crippen LogP contribution in [0.25, 0.3) is 11.6 Å². The monoisotopic (exact) mass is 366 g/mol. The minimum atomic E-state index is -0.157. The number of ether oxygens (including phenoxy) is 2. The van der Waals surface area contributed by atoms with Crippen molar-refractivity contribution in [2.45, 2.75) is 12.3 Å². The lowest BCUT2D eigenvalue weighted by molar-refractivity contribution is -0.117. The van der Waals surface area contributed by atoms with Crippen LogP contribution in [-0.2, 0) is 4.79 Å². The van der Waals surface area contributed by atoms with E-state index in [2.05, 4.69) is 15.1 Å². The third-order valence-corrected chi connectivity index (χ3v) is 4.46. The lowest BCUT2D eigenvalue weighted by Gasteiger charge is -2.18. The molecule has 4 rings (SSSR count). The summed E-state index contributed by atoms with van der Waals surface area (Å²) >= 11 is 0. The molecule has 27 heavy (non-hydrogen) atoms. The Hall–Kier alpha value is -3.42. The van der Waals surface area contributed by atoms with E-state index in [1.807, 2.05) is 12.1 Å². The minimum Gasteiger partial charge on any atom is -0.497 e. The molecule has 0 saturated carbocycles. The normalized spacial score (nSPS) is 16.6. The van der Waals surface area contributed by atoms with Crippen molar-refractivity contribution in [1.29, 1.82) is 0 Å². The predicted molar refractivity (Wildman–Crippen MR) is 96.8 cm³/mol. The number of carbonyl (C=O) groups excluding carboxylic acids is 1. The van der Waals surface area contributed by atoms with E-state index in [1.54, 1.807) is 49.6 Å². The Labute approximate surface area is 155 Å². The highest BCUT2D eigenvalue weighted by Crippen LogP contribution is 2.35. The second-order valence-corrected chi connectivity index (χ2v) is 6.15. The number of rotatable bonds is 5. The molecule has 1 aromatic carbocycles. The average molecular weight is 366 g/mol. The van der Waals surface area contributed by atoms with Crippen LogP contribution in [0.15, 0.2) is 47.1 Å². The van der Waals surface area contributed by atoms with Gasteiger partial charge in [-0.15, -0.1) is 0 Å². The summed E-state index contributed by atoms with van der Waals surface area (Å²) in [6.07, 6.45) is 1.97. The fourth-order valence-electron chi connectivity index (χ4n) is 3.07. The third-order valence-electron chi connectivity index (χ3n) is 4.46. The van der Waals surface area contributed by atoms with Crippen molar-refractivity contribution in [1.82, 2.24) is 15.1 Å². The Morgan fingerprint density at radius 2 is 1.93 bits per heavy atom. The zero-order chi connectivity index (χ0) is 18.8. The second-order valence-electron chi connectivity index (χ2n) is 6.15. The molecular weight excluding hydrogens is 348 g/mol. The second kappa shape index (κ2) is 7.06. The average Bonchev–Trinajstić information content (AvgIpc) is 3.35. The first-order valence-electron chi connectivity index (χ1n) is 8.46. The molecule has 3 aromatic rings. The fourth-order valence-corrected chi connectivity index (χ4v) is 3.07. The zero-order valence-electron chi connectivity index (χ0n) is 15.0. The summed E-state index contributed by atoms with van der Waals surface area (Å²) in [5.41, 5.74) is 1.32. The Morgan fingerprint density at radius 1 is 1.15 bits per heavy atom. The van der Waals surface area contributed by atoms with Gasteiger partial charge in [-0.1, -0.05) is 11.2 Å². The van der Waals surface area contributed by atoms with Gasteiger partial charge in [0.15, 0.2) is 5.82 Å². The van der Waals surface area contributed by atoms with Crippen molar-refractivity contribution in [3.05, 3.63) is 48.4 Å². The zero-order valence-corrected chi connectivity index (χ0v) is 15.0. The number of benzene rings is 1. The van der Waals surface area contributed by atoms with Gasteiger partial charge in [-0.3, -0.25) is 9.78 Å². The molecule has 1 aliphatic rings. The lowest BCUT2D eigenvalue weighted by Crippen LogP contribution is -2.24. The largest absolute Gasteiger partial charge is 0.497 e. The minimum absolute atomic E-state index is 0.0144. The number of hydrogen-bond donors (Lipinski definition) is 0. The topological polar surface area (TPSA) is 90.6 Å². The van der Waals surface area contributed by atoms with Crippen molar-refractivity contribution in [2.24, 2.45) is 0 Å². The molecule has 8 heteroatoms. The van der Waals surface area contributed by atoms with Gasteiger partial charge in [-0.25, -0.2) is 0 Å². The van der Waals surface area contributed by atoms with Gasteiger partial charge in [0.05, 0.1) is 19.9 Å². The quantitative estimate of drug-likeness (QED) is 0.685. The molecule has 1 saturated heterocycles. The van der Waals surface area contributed by atoms with E-state index < -0.39 is 0 Å². The SMILES string of the molecule is COc1cc(OC)cc(N2CC(c3noc(-c4ccccn4)n3)CC2=O)c1. The Morgan fingerprint density at radius 3 is 2.59 bits per heavy atom. The van der Waals surface area contributed by atoms with Crippen molar-refractivity contribution < 1.29 is 18.8 Å². The van der Waals surface area contributed by atoms with Crippen LogP contribution in [0.4, 0.5) is 5.69 Å². The molecule has 8 nitrogen and oxygen atoms in total. The van der Waals surface area contributed by atoms with Gasteiger partial charge < -0.3 is 18.9 Å². The summed E-state index contributed by atoms with van der Waals surface area (Å²) < 4.78 is 15.9. The summed E-state index contributed by atoms with van der Waals surface area (Å²) in [6.45, 7) is 0.455. The molecule has 0 bridgehead atoms. The van der Waals surface area contributed by atoms with Crippen LogP contribution in [0.5, 0.6) is 11.5 Å². The molecule has 1 unspecified atom stereocenters. The maximum Gasteiger partial charge on any atom is 0.276 e. The molecule has 138 valence electrons. The van der Waals surface area contributed by atoms with Crippen molar-refractivity contribution >= 4 is 11.6 Å². The Bertz CT molecular complexity index is 935. The van der Waals surface area contributed by atoms with E-state index >= 15 is 0 Å². The van der Waals surface area contributed by atoms with Crippen LogP contribution >= 0.6 is 0 Å². The number of amides is 1. The van der Waals surface area contributed by atoms with E-state index in [9.17, 15) is 4.79 Å². The van der Waals surface area contributed by atoms with E-state index in [1.165, 1.54) is 0 Å². The molecular formula is C19H18N4O4. The molecule has 1 aliphatic heterocycles. The van der Waals surface area contributed by atoms with Gasteiger partial charge in [-0.05, 0) is 12.1 Å². The highest BCUT2D eigenvalue weighted by atomic mass is 16.5. The van der Waals surface area contributed by atoms with Gasteiger partial charge in [-0.2, -0.15) is 4.98 Å². The number of anilines is 1. The van der Waals surface area contributed by atoms with Gasteiger partial charge >= 0.3 is 0 Å². The maximum absolute atomic E-state index is 12.6. The molecule has 1 atom stereocenters. The maximum atomic E-state index is 12.6. The molecule has 3 heterocycles. The molecule has 0 aliphatic carbocycles. The Kier molecular flexibility index (Phi) is 4.45. The molecule has 2 aromatic heterocycles. The van der Waals surface area contributed by atoms with E-state index in [0.29, 0.717) is 47.6 Å². The van der Waals surface area contributed by atoms with Crippen molar-refractivity contribution in [2.75, 3.05) is 25.7 Å². The summed E-state index contributed by atoms with van der Waals surface area (Å²) in [4.78, 5) is 22.9. The summed E-state index contributed by atoms with van der Waals surface area (Å²) in [7, 11) is 3.15. The highest BCUT2D eigenvalue weighted by molar-refractivity contribution is 5.96. The van der Waals surface area contributed by atoms with E-state index in [4.69, 9.17) is 14.0 Å². The first-order chi connectivity index (χ1) is 13.2. The predicted octanol–water partition coefficient (Wildman–Crippen LogP) is 2.67. The van der Waals surface area contributed by atoms with Crippen LogP contribution in [0.3, 0.4) is 0 Å². The van der Waals surface area contributed by atoms with E-state index in [0.717, 1.165) is 0 Å². The van der Waals surface area contributed by atoms with E-state index in [-0.39, 0.29) is 11.8 Å². The highest BCUT2D eigenvalue weighted by Gasteiger charge is 2.35. The first kappa shape index (κ1) is 17.0. The van der Waals surface area contributed by atoms with Crippen LogP contribution < -0.4 is 14.4 Å². The standard InChI is InChI=1S/C19H18N4O4/c1-25-14-8-13(9-15(10-14)26-2)23-11-12(7-17(23)24)18-21-19(27-22-18)16-5-3-4-6-20-16/h3-6,8-10,12H,7,11H2,1-2H3. The van der Waals surface area contributed by atoms with Gasteiger partial charge in [0.25, 0.3) is 5.89 Å². The molecule has 0 radical (unpaired) electrons. The number of methoxy groups -OCH3 is 2. The number of nitrogens with zero attached hydrogens (tertiary/aromatic N) is 4. The Balaban J connectivity index is 1.57. The van der Waals surface area contributed by atoms with Gasteiger partial charge in [0.1, 0.15) is 17.2 Å². The number of hydrogen-bond acceptors (Lipinski definition) is 7. The fraction of sp³-hybridized carbons (Fsp3) is 0.263. The first-order valence-corrected chi connectivity index (χ1v) is 8.46. The molecule has 1 amide bonds. The summed E-state index contributed by atoms with van der Waals surface area (Å²) in [6, 6.07) is 10.8. The van der Waals surface area contributed by atoms with Crippen LogP contribution in [-0.4, -0.2) is 41.8 Å². The number of carbonyl (C=O) groups is 1. The summed E-state index contributed by atoms with van der Waals surface area (Å²) in [5.74, 6) is 1.92. The van der Waals surface area contributed by atoms with Crippen LogP contribution in [0, 0.1) is 0 Å². The van der Waals surface area contributed by atoms with Crippen molar-refractivity contribution in [3.8, 4) is 23.1 Å². The summed E-state index contributed by atoms with van der Waals surface area (Å²) in [5, 5.41) is 4.05. The third kappa shape index (κ3) is 3.33. The van der Waals surface area contributed by atoms with Crippen LogP contribution in [0.2, 0.25) is 0 Å². The molecule has 0 spiro atoms. The number of aromatic nitrogens is 3. The van der Waals surface area contributed by atoms with Crippen molar-refractivity contribution in [3.63, 3.8) is 0 Å². The number of pyridine rings is 1. The molecule has 0 N–H and O–H groups in total. The van der Waals surface area contributed by atoms with Gasteiger partial charge in [0, 0.05) is 43.3 Å². The smallest absolute Gasteiger partial charge is 0.276 e. The molecule has 1 fully saturated rings. The lowest BCUT2D eigenvalue weighted by atomic mass is 10.1.